The molecule has 0 unspecified atom stereocenters. The van der Waals surface area contributed by atoms with Crippen LogP contribution in [0.15, 0.2) is 65.2 Å². The van der Waals surface area contributed by atoms with E-state index in [1.807, 2.05) is 6.92 Å². The topological polar surface area (TPSA) is 80.5 Å². The average Bonchev–Trinajstić information content (AvgIpc) is 2.42. The van der Waals surface area contributed by atoms with E-state index in [1.54, 1.807) is 12.1 Å². The summed E-state index contributed by atoms with van der Waals surface area (Å²) < 4.78 is 25.1. The van der Waals surface area contributed by atoms with Crippen molar-refractivity contribution in [2.75, 3.05) is 0 Å². The van der Waals surface area contributed by atoms with E-state index in [-0.39, 0.29) is 10.7 Å². The van der Waals surface area contributed by atoms with E-state index >= 15 is 0 Å². The maximum Gasteiger partial charge on any atom is 0.277 e. The Balaban J connectivity index is 2.28. The summed E-state index contributed by atoms with van der Waals surface area (Å²) in [4.78, 5) is 11.1. The number of rotatable bonds is 3. The van der Waals surface area contributed by atoms with Gasteiger partial charge in [0.15, 0.2) is 5.78 Å². The quantitative estimate of drug-likeness (QED) is 0.674. The van der Waals surface area contributed by atoms with Crippen molar-refractivity contribution in [2.24, 2.45) is 5.84 Å². The zero-order valence-electron chi connectivity index (χ0n) is 10.9. The van der Waals surface area contributed by atoms with Crippen molar-refractivity contribution in [3.63, 3.8) is 0 Å². The molecule has 0 aliphatic heterocycles. The molecule has 0 heterocycles. The molecule has 5 nitrogen and oxygen atoms in total. The van der Waals surface area contributed by atoms with E-state index in [0.29, 0.717) is 9.99 Å². The van der Waals surface area contributed by atoms with Gasteiger partial charge in [0, 0.05) is 6.20 Å². The number of nitrogens with zero attached hydrogens (tertiary/aromatic N) is 1. The maximum atomic E-state index is 12.2. The molecule has 0 saturated carbocycles. The van der Waals surface area contributed by atoms with Crippen LogP contribution in [0.2, 0.25) is 0 Å². The van der Waals surface area contributed by atoms with E-state index in [2.05, 4.69) is 0 Å². The summed E-state index contributed by atoms with van der Waals surface area (Å²) in [5, 5.41) is 0. The third-order valence-electron chi connectivity index (χ3n) is 2.75. The molecule has 1 aliphatic carbocycles. The van der Waals surface area contributed by atoms with Gasteiger partial charge in [-0.1, -0.05) is 17.7 Å². The van der Waals surface area contributed by atoms with Crippen LogP contribution in [0.4, 0.5) is 0 Å². The molecular formula is C14H14N2O3S. The minimum atomic E-state index is -3.79. The molecule has 0 aromatic heterocycles. The highest BCUT2D eigenvalue weighted by Crippen LogP contribution is 2.16. The molecule has 1 aromatic carbocycles. The summed E-state index contributed by atoms with van der Waals surface area (Å²) in [6.07, 6.45) is 6.96. The molecule has 20 heavy (non-hydrogen) atoms. The maximum absolute atomic E-state index is 12.2. The van der Waals surface area contributed by atoms with Gasteiger partial charge in [-0.15, -0.1) is 0 Å². The van der Waals surface area contributed by atoms with Crippen LogP contribution in [0.3, 0.4) is 0 Å². The minimum absolute atomic E-state index is 0.113. The van der Waals surface area contributed by atoms with Gasteiger partial charge in [-0.2, -0.15) is 8.42 Å². The van der Waals surface area contributed by atoms with Crippen LogP contribution >= 0.6 is 0 Å². The molecule has 0 saturated heterocycles. The van der Waals surface area contributed by atoms with Gasteiger partial charge in [0.1, 0.15) is 0 Å². The Morgan fingerprint density at radius 3 is 2.15 bits per heavy atom. The van der Waals surface area contributed by atoms with Crippen LogP contribution in [-0.4, -0.2) is 18.6 Å². The van der Waals surface area contributed by atoms with Crippen LogP contribution in [0, 0.1) is 6.92 Å². The van der Waals surface area contributed by atoms with Crippen molar-refractivity contribution in [3.8, 4) is 0 Å². The normalized spacial score (nSPS) is 14.5. The molecule has 2 rings (SSSR count). The molecule has 1 aliphatic rings. The molecule has 1 aromatic rings. The number of ketones is 1. The van der Waals surface area contributed by atoms with Crippen molar-refractivity contribution in [3.05, 3.63) is 65.9 Å². The van der Waals surface area contributed by atoms with Crippen molar-refractivity contribution < 1.29 is 13.2 Å². The Morgan fingerprint density at radius 2 is 1.60 bits per heavy atom. The van der Waals surface area contributed by atoms with E-state index < -0.39 is 10.0 Å². The number of benzene rings is 1. The Hall–Kier alpha value is -2.18. The Bertz CT molecular complexity index is 695. The zero-order chi connectivity index (χ0) is 14.8. The summed E-state index contributed by atoms with van der Waals surface area (Å²) in [6.45, 7) is 1.87. The number of hydrogen-bond donors (Lipinski definition) is 1. The number of nitrogens with two attached hydrogens (primary N) is 1. The summed E-state index contributed by atoms with van der Waals surface area (Å²) in [6, 6.07) is 6.40. The van der Waals surface area contributed by atoms with E-state index in [4.69, 9.17) is 5.84 Å². The molecule has 104 valence electrons. The highest BCUT2D eigenvalue weighted by Gasteiger charge is 2.19. The van der Waals surface area contributed by atoms with Gasteiger partial charge in [-0.05, 0) is 48.9 Å². The van der Waals surface area contributed by atoms with E-state index in [1.165, 1.54) is 42.6 Å². The predicted octanol–water partition coefficient (Wildman–Crippen LogP) is 1.44. The first kappa shape index (κ1) is 14.2. The summed E-state index contributed by atoms with van der Waals surface area (Å²) in [7, 11) is -3.79. The fraction of sp³-hybridized carbons (Fsp3) is 0.0714. The van der Waals surface area contributed by atoms with Gasteiger partial charge in [-0.3, -0.25) is 4.79 Å². The lowest BCUT2D eigenvalue weighted by molar-refractivity contribution is -0.110. The fourth-order valence-corrected chi connectivity index (χ4v) is 2.59. The largest absolute Gasteiger partial charge is 0.290 e. The molecular weight excluding hydrogens is 276 g/mol. The van der Waals surface area contributed by atoms with Crippen molar-refractivity contribution >= 4 is 15.8 Å². The Morgan fingerprint density at radius 1 is 1.05 bits per heavy atom. The minimum Gasteiger partial charge on any atom is -0.290 e. The molecule has 0 amide bonds. The fourth-order valence-electron chi connectivity index (χ4n) is 1.60. The number of hydrazine groups is 1. The molecule has 0 atom stereocenters. The standard InChI is InChI=1S/C14H14N2O3S/c1-11-2-8-14(9-3-11)20(18,19)16(15)10-12-4-6-13(17)7-5-12/h2-10H,15H2,1H3. The number of carbonyl (C=O) groups is 1. The average molecular weight is 290 g/mol. The lowest BCUT2D eigenvalue weighted by atomic mass is 10.1. The second-order valence-electron chi connectivity index (χ2n) is 4.35. The highest BCUT2D eigenvalue weighted by atomic mass is 32.2. The lowest BCUT2D eigenvalue weighted by Crippen LogP contribution is -2.32. The smallest absolute Gasteiger partial charge is 0.277 e. The predicted molar refractivity (Wildman–Crippen MR) is 75.8 cm³/mol. The van der Waals surface area contributed by atoms with Crippen molar-refractivity contribution in [2.45, 2.75) is 11.8 Å². The molecule has 0 radical (unpaired) electrons. The number of allylic oxidation sites excluding steroid dienone is 5. The van der Waals surface area contributed by atoms with Gasteiger partial charge in [0.2, 0.25) is 0 Å². The van der Waals surface area contributed by atoms with E-state index in [0.717, 1.165) is 5.56 Å². The van der Waals surface area contributed by atoms with Crippen LogP contribution in [-0.2, 0) is 14.8 Å². The van der Waals surface area contributed by atoms with Crippen LogP contribution < -0.4 is 5.84 Å². The summed E-state index contributed by atoms with van der Waals surface area (Å²) >= 11 is 0. The van der Waals surface area contributed by atoms with Crippen molar-refractivity contribution in [1.82, 2.24) is 4.41 Å². The lowest BCUT2D eigenvalue weighted by Gasteiger charge is -2.15. The first-order valence-electron chi connectivity index (χ1n) is 5.87. The Kier molecular flexibility index (Phi) is 3.87. The molecule has 6 heteroatoms. The second-order valence-corrected chi connectivity index (χ2v) is 6.19. The third kappa shape index (κ3) is 3.04. The Labute approximate surface area is 117 Å². The number of aryl methyl sites for hydroxylation is 1. The van der Waals surface area contributed by atoms with Crippen LogP contribution in [0.5, 0.6) is 0 Å². The molecule has 0 bridgehead atoms. The molecule has 0 fully saturated rings. The first-order chi connectivity index (χ1) is 9.39. The third-order valence-corrected chi connectivity index (χ3v) is 4.28. The molecule has 0 spiro atoms. The van der Waals surface area contributed by atoms with Gasteiger partial charge < -0.3 is 0 Å². The summed E-state index contributed by atoms with van der Waals surface area (Å²) in [5.41, 5.74) is 1.49. The van der Waals surface area contributed by atoms with Crippen molar-refractivity contribution in [1.29, 1.82) is 0 Å². The second kappa shape index (κ2) is 5.44. The van der Waals surface area contributed by atoms with Crippen LogP contribution in [0.25, 0.3) is 0 Å². The number of hydrogen-bond acceptors (Lipinski definition) is 4. The first-order valence-corrected chi connectivity index (χ1v) is 7.31. The highest BCUT2D eigenvalue weighted by molar-refractivity contribution is 7.89. The van der Waals surface area contributed by atoms with Crippen LogP contribution in [0.1, 0.15) is 5.56 Å². The number of sulfonamides is 1. The zero-order valence-corrected chi connectivity index (χ0v) is 11.7. The van der Waals surface area contributed by atoms with Gasteiger partial charge in [-0.25, -0.2) is 10.3 Å². The van der Waals surface area contributed by atoms with Gasteiger partial charge in [0.25, 0.3) is 10.0 Å². The monoisotopic (exact) mass is 290 g/mol. The van der Waals surface area contributed by atoms with E-state index in [9.17, 15) is 13.2 Å². The SMILES string of the molecule is Cc1ccc(S(=O)(=O)N(N)C=C2C=CC(=O)C=C2)cc1. The molecule has 2 N–H and O–H groups in total. The van der Waals surface area contributed by atoms with Gasteiger partial charge in [0.05, 0.1) is 4.90 Å². The summed E-state index contributed by atoms with van der Waals surface area (Å²) in [5.74, 6) is 5.46. The number of carbonyl (C=O) groups excluding carboxylic acids is 1. The van der Waals surface area contributed by atoms with Gasteiger partial charge >= 0.3 is 0 Å².